The zero-order chi connectivity index (χ0) is 21.7. The third kappa shape index (κ3) is 9.17. The van der Waals surface area contributed by atoms with Gasteiger partial charge in [-0.2, -0.15) is 0 Å². The van der Waals surface area contributed by atoms with Crippen LogP contribution in [0.5, 0.6) is 0 Å². The lowest BCUT2D eigenvalue weighted by molar-refractivity contribution is 0.0331. The van der Waals surface area contributed by atoms with E-state index in [0.717, 1.165) is 36.8 Å². The molecule has 0 spiro atoms. The Morgan fingerprint density at radius 3 is 2.58 bits per heavy atom. The van der Waals surface area contributed by atoms with E-state index in [1.165, 1.54) is 51.7 Å². The first-order valence-corrected chi connectivity index (χ1v) is 12.3. The molecule has 1 aromatic rings. The second kappa shape index (κ2) is 13.7. The quantitative estimate of drug-likeness (QED) is 0.393. The fraction of sp³-hybridized carbons (Fsp3) is 0.720. The van der Waals surface area contributed by atoms with Crippen LogP contribution in [0.3, 0.4) is 0 Å². The number of likely N-dealkylation sites (tertiary alicyclic amines) is 1. The van der Waals surface area contributed by atoms with E-state index in [0.29, 0.717) is 19.2 Å². The van der Waals surface area contributed by atoms with Crippen LogP contribution in [-0.2, 0) is 11.3 Å². The molecular formula is C25H42N4O2. The van der Waals surface area contributed by atoms with Gasteiger partial charge in [0.05, 0.1) is 25.9 Å². The maximum atomic E-state index is 10.2. The van der Waals surface area contributed by atoms with Gasteiger partial charge >= 0.3 is 0 Å². The maximum Gasteiger partial charge on any atom is 0.191 e. The minimum absolute atomic E-state index is 0.289. The summed E-state index contributed by atoms with van der Waals surface area (Å²) >= 11 is 0. The number of rotatable bonds is 10. The molecule has 1 saturated heterocycles. The van der Waals surface area contributed by atoms with Crippen molar-refractivity contribution in [2.45, 2.75) is 70.6 Å². The summed E-state index contributed by atoms with van der Waals surface area (Å²) in [5.41, 5.74) is 1.11. The number of aliphatic hydroxyl groups excluding tert-OH is 1. The average Bonchev–Trinajstić information content (AvgIpc) is 2.80. The van der Waals surface area contributed by atoms with E-state index in [1.807, 2.05) is 30.3 Å². The van der Waals surface area contributed by atoms with Gasteiger partial charge in [0, 0.05) is 32.2 Å². The third-order valence-electron chi connectivity index (χ3n) is 6.40. The van der Waals surface area contributed by atoms with Crippen molar-refractivity contribution in [2.24, 2.45) is 10.9 Å². The number of hydrogen-bond donors (Lipinski definition) is 3. The topological polar surface area (TPSA) is 69.1 Å². The van der Waals surface area contributed by atoms with Gasteiger partial charge in [-0.15, -0.1) is 0 Å². The molecule has 3 N–H and O–H groups in total. The number of piperidine rings is 1. The average molecular weight is 431 g/mol. The van der Waals surface area contributed by atoms with E-state index in [4.69, 9.17) is 4.74 Å². The third-order valence-corrected chi connectivity index (χ3v) is 6.40. The maximum absolute atomic E-state index is 10.2. The van der Waals surface area contributed by atoms with Crippen LogP contribution in [0.15, 0.2) is 35.3 Å². The first-order chi connectivity index (χ1) is 15.2. The largest absolute Gasteiger partial charge is 0.389 e. The van der Waals surface area contributed by atoms with Crippen LogP contribution in [-0.4, -0.2) is 67.4 Å². The van der Waals surface area contributed by atoms with Crippen LogP contribution in [0.2, 0.25) is 0 Å². The number of hydrogen-bond acceptors (Lipinski definition) is 4. The molecule has 1 saturated carbocycles. The lowest BCUT2D eigenvalue weighted by atomic mass is 9.88. The minimum Gasteiger partial charge on any atom is -0.389 e. The molecule has 1 aromatic carbocycles. The summed E-state index contributed by atoms with van der Waals surface area (Å²) in [5, 5.41) is 17.1. The Hall–Kier alpha value is -1.63. The van der Waals surface area contributed by atoms with Crippen LogP contribution in [0.4, 0.5) is 0 Å². The number of aliphatic hydroxyl groups is 1. The summed E-state index contributed by atoms with van der Waals surface area (Å²) in [6.07, 6.45) is 8.83. The van der Waals surface area contributed by atoms with Crippen molar-refractivity contribution < 1.29 is 9.84 Å². The van der Waals surface area contributed by atoms with E-state index >= 15 is 0 Å². The molecule has 31 heavy (non-hydrogen) atoms. The number of aliphatic imine (C=N–C) groups is 1. The molecule has 1 atom stereocenters. The summed E-state index contributed by atoms with van der Waals surface area (Å²) in [7, 11) is 0. The molecule has 6 heteroatoms. The summed E-state index contributed by atoms with van der Waals surface area (Å²) in [6.45, 7) is 7.65. The second-order valence-electron chi connectivity index (χ2n) is 9.10. The van der Waals surface area contributed by atoms with Gasteiger partial charge in [-0.25, -0.2) is 0 Å². The van der Waals surface area contributed by atoms with Gasteiger partial charge in [0.2, 0.25) is 0 Å². The molecule has 6 nitrogen and oxygen atoms in total. The molecule has 1 aliphatic carbocycles. The van der Waals surface area contributed by atoms with Crippen molar-refractivity contribution in [2.75, 3.05) is 39.3 Å². The SMILES string of the molecule is CCNC(=NCC(O)COCc1ccccc1)NC1CCN(CC2CCCCC2)CC1. The molecular weight excluding hydrogens is 388 g/mol. The van der Waals surface area contributed by atoms with Crippen LogP contribution in [0.1, 0.15) is 57.4 Å². The summed E-state index contributed by atoms with van der Waals surface area (Å²) < 4.78 is 5.63. The van der Waals surface area contributed by atoms with Gasteiger partial charge in [-0.1, -0.05) is 49.6 Å². The van der Waals surface area contributed by atoms with Gasteiger partial charge in [-0.3, -0.25) is 4.99 Å². The van der Waals surface area contributed by atoms with Crippen molar-refractivity contribution in [3.05, 3.63) is 35.9 Å². The number of nitrogens with zero attached hydrogens (tertiary/aromatic N) is 2. The molecule has 0 bridgehead atoms. The molecule has 1 aliphatic heterocycles. The summed E-state index contributed by atoms with van der Waals surface area (Å²) in [4.78, 5) is 7.26. The van der Waals surface area contributed by atoms with Gasteiger partial charge in [0.1, 0.15) is 0 Å². The van der Waals surface area contributed by atoms with Crippen LogP contribution in [0.25, 0.3) is 0 Å². The Kier molecular flexibility index (Phi) is 10.6. The minimum atomic E-state index is -0.600. The predicted octanol–water partition coefficient (Wildman–Crippen LogP) is 3.16. The van der Waals surface area contributed by atoms with E-state index in [2.05, 4.69) is 27.4 Å². The second-order valence-corrected chi connectivity index (χ2v) is 9.10. The molecule has 0 aromatic heterocycles. The Labute approximate surface area is 188 Å². The fourth-order valence-corrected chi connectivity index (χ4v) is 4.64. The fourth-order valence-electron chi connectivity index (χ4n) is 4.64. The lowest BCUT2D eigenvalue weighted by Gasteiger charge is -2.36. The highest BCUT2D eigenvalue weighted by molar-refractivity contribution is 5.80. The molecule has 3 rings (SSSR count). The number of guanidine groups is 1. The van der Waals surface area contributed by atoms with E-state index in [9.17, 15) is 5.11 Å². The smallest absolute Gasteiger partial charge is 0.191 e. The van der Waals surface area contributed by atoms with Crippen LogP contribution >= 0.6 is 0 Å². The monoisotopic (exact) mass is 430 g/mol. The molecule has 0 amide bonds. The van der Waals surface area contributed by atoms with Crippen molar-refractivity contribution in [3.8, 4) is 0 Å². The van der Waals surface area contributed by atoms with E-state index in [-0.39, 0.29) is 6.61 Å². The summed E-state index contributed by atoms with van der Waals surface area (Å²) in [5.74, 6) is 1.72. The highest BCUT2D eigenvalue weighted by atomic mass is 16.5. The molecule has 1 heterocycles. The van der Waals surface area contributed by atoms with Crippen molar-refractivity contribution in [1.82, 2.24) is 15.5 Å². The first kappa shape index (κ1) is 24.0. The predicted molar refractivity (Wildman–Crippen MR) is 127 cm³/mol. The molecule has 174 valence electrons. The first-order valence-electron chi connectivity index (χ1n) is 12.3. The number of nitrogens with one attached hydrogen (secondary N) is 2. The zero-order valence-corrected chi connectivity index (χ0v) is 19.3. The van der Waals surface area contributed by atoms with Crippen molar-refractivity contribution >= 4 is 5.96 Å². The molecule has 0 radical (unpaired) electrons. The Morgan fingerprint density at radius 2 is 1.87 bits per heavy atom. The number of benzene rings is 1. The van der Waals surface area contributed by atoms with Crippen LogP contribution < -0.4 is 10.6 Å². The van der Waals surface area contributed by atoms with Gasteiger partial charge < -0.3 is 25.4 Å². The lowest BCUT2D eigenvalue weighted by Crippen LogP contribution is -2.49. The van der Waals surface area contributed by atoms with Crippen LogP contribution in [0, 0.1) is 5.92 Å². The Bertz CT molecular complexity index is 626. The standard InChI is InChI=1S/C25H42N4O2/c1-2-26-25(27-17-24(30)20-31-19-22-11-7-4-8-12-22)28-23-13-15-29(16-14-23)18-21-9-5-3-6-10-21/h4,7-8,11-12,21,23-24,30H,2-3,5-6,9-10,13-20H2,1H3,(H2,26,27,28). The Morgan fingerprint density at radius 1 is 1.13 bits per heavy atom. The Balaban J connectivity index is 1.35. The van der Waals surface area contributed by atoms with E-state index < -0.39 is 6.10 Å². The number of ether oxygens (including phenoxy) is 1. The van der Waals surface area contributed by atoms with Gasteiger partial charge in [0.25, 0.3) is 0 Å². The van der Waals surface area contributed by atoms with E-state index in [1.54, 1.807) is 0 Å². The highest BCUT2D eigenvalue weighted by Crippen LogP contribution is 2.25. The summed E-state index contributed by atoms with van der Waals surface area (Å²) in [6, 6.07) is 10.5. The highest BCUT2D eigenvalue weighted by Gasteiger charge is 2.23. The van der Waals surface area contributed by atoms with Crippen molar-refractivity contribution in [1.29, 1.82) is 0 Å². The molecule has 1 unspecified atom stereocenters. The molecule has 2 aliphatic rings. The van der Waals surface area contributed by atoms with Gasteiger partial charge in [0.15, 0.2) is 5.96 Å². The molecule has 2 fully saturated rings. The normalized spacial score (nSPS) is 20.5. The zero-order valence-electron chi connectivity index (χ0n) is 19.3. The van der Waals surface area contributed by atoms with Gasteiger partial charge in [-0.05, 0) is 44.1 Å². The van der Waals surface area contributed by atoms with Crippen molar-refractivity contribution in [3.63, 3.8) is 0 Å².